The van der Waals surface area contributed by atoms with Crippen molar-refractivity contribution in [3.63, 3.8) is 0 Å². The number of rotatable bonds is 11. The standard InChI is InChI=1S/C22H25BrN2O.C4H4O4/c1-24-13-4-2-3-5-15-26-19-10-11-21-20(12-14-25-22(21)16-19)17-6-8-18(23)9-7-17;5-3(6)1-2-4(7)8/h6-12,14,16,24H,2-5,13,15H2,1H3;1-2H,(H,5,6)(H,7,8)/b;2-1+. The molecule has 0 spiro atoms. The van der Waals surface area contributed by atoms with E-state index in [4.69, 9.17) is 14.9 Å². The minimum atomic E-state index is -1.26. The Labute approximate surface area is 207 Å². The first kappa shape index (κ1) is 27.0. The molecule has 0 atom stereocenters. The number of aliphatic carboxylic acids is 2. The third kappa shape index (κ3) is 9.72. The maximum absolute atomic E-state index is 9.55. The average molecular weight is 529 g/mol. The second-order valence-corrected chi connectivity index (χ2v) is 8.34. The zero-order chi connectivity index (χ0) is 24.8. The second kappa shape index (κ2) is 14.8. The summed E-state index contributed by atoms with van der Waals surface area (Å²) in [5.41, 5.74) is 3.35. The number of nitrogens with zero attached hydrogens (tertiary/aromatic N) is 1. The van der Waals surface area contributed by atoms with Crippen molar-refractivity contribution in [2.75, 3.05) is 20.2 Å². The van der Waals surface area contributed by atoms with E-state index in [9.17, 15) is 9.59 Å². The van der Waals surface area contributed by atoms with Crippen LogP contribution < -0.4 is 10.1 Å². The minimum Gasteiger partial charge on any atom is -0.494 e. The Balaban J connectivity index is 0.000000440. The number of hydrogen-bond donors (Lipinski definition) is 3. The molecule has 0 amide bonds. The first-order chi connectivity index (χ1) is 16.4. The second-order valence-electron chi connectivity index (χ2n) is 7.42. The molecule has 3 aromatic rings. The fraction of sp³-hybridized carbons (Fsp3) is 0.269. The highest BCUT2D eigenvalue weighted by Gasteiger charge is 2.06. The molecule has 0 bridgehead atoms. The number of hydrogen-bond acceptors (Lipinski definition) is 5. The van der Waals surface area contributed by atoms with Crippen LogP contribution in [0.25, 0.3) is 22.0 Å². The van der Waals surface area contributed by atoms with Gasteiger partial charge in [-0.25, -0.2) is 9.59 Å². The number of unbranched alkanes of at least 4 members (excludes halogenated alkanes) is 3. The van der Waals surface area contributed by atoms with E-state index in [2.05, 4.69) is 62.6 Å². The van der Waals surface area contributed by atoms with Gasteiger partial charge in [0.1, 0.15) is 5.75 Å². The van der Waals surface area contributed by atoms with Gasteiger partial charge in [0.05, 0.1) is 12.1 Å². The molecule has 7 nitrogen and oxygen atoms in total. The predicted octanol–water partition coefficient (Wildman–Crippen LogP) is 5.53. The van der Waals surface area contributed by atoms with E-state index in [-0.39, 0.29) is 0 Å². The summed E-state index contributed by atoms with van der Waals surface area (Å²) in [6.07, 6.45) is 7.76. The Morgan fingerprint density at radius 1 is 0.971 bits per heavy atom. The van der Waals surface area contributed by atoms with Crippen molar-refractivity contribution in [2.24, 2.45) is 0 Å². The number of fused-ring (bicyclic) bond motifs is 1. The van der Waals surface area contributed by atoms with Gasteiger partial charge in [-0.1, -0.05) is 40.9 Å². The van der Waals surface area contributed by atoms with Crippen molar-refractivity contribution in [1.82, 2.24) is 10.3 Å². The van der Waals surface area contributed by atoms with E-state index in [1.165, 1.54) is 30.4 Å². The first-order valence-electron chi connectivity index (χ1n) is 11.0. The maximum Gasteiger partial charge on any atom is 0.328 e. The molecular weight excluding hydrogens is 500 g/mol. The normalized spacial score (nSPS) is 10.6. The smallest absolute Gasteiger partial charge is 0.328 e. The van der Waals surface area contributed by atoms with Crippen LogP contribution in [-0.2, 0) is 9.59 Å². The van der Waals surface area contributed by atoms with Gasteiger partial charge in [0.25, 0.3) is 0 Å². The van der Waals surface area contributed by atoms with Crippen LogP contribution in [0, 0.1) is 0 Å². The van der Waals surface area contributed by atoms with E-state index < -0.39 is 11.9 Å². The molecule has 0 unspecified atom stereocenters. The molecule has 0 radical (unpaired) electrons. The molecule has 3 rings (SSSR count). The predicted molar refractivity (Wildman–Crippen MR) is 137 cm³/mol. The molecule has 1 aromatic heterocycles. The summed E-state index contributed by atoms with van der Waals surface area (Å²) in [5.74, 6) is -1.62. The third-order valence-electron chi connectivity index (χ3n) is 4.83. The van der Waals surface area contributed by atoms with Crippen LogP contribution in [-0.4, -0.2) is 47.3 Å². The molecule has 0 saturated heterocycles. The molecular formula is C26H29BrN2O5. The highest BCUT2D eigenvalue weighted by atomic mass is 79.9. The van der Waals surface area contributed by atoms with Gasteiger partial charge in [0, 0.05) is 34.3 Å². The molecule has 34 heavy (non-hydrogen) atoms. The molecule has 8 heteroatoms. The molecule has 0 aliphatic carbocycles. The SMILES string of the molecule is CNCCCCCCOc1ccc2c(-c3ccc(Br)cc3)ccnc2c1.O=C(O)/C=C/C(=O)O. The van der Waals surface area contributed by atoms with Gasteiger partial charge < -0.3 is 20.3 Å². The zero-order valence-corrected chi connectivity index (χ0v) is 20.6. The minimum absolute atomic E-state index is 0.558. The number of carbonyl (C=O) groups is 2. The summed E-state index contributed by atoms with van der Waals surface area (Å²) >= 11 is 3.49. The Bertz CT molecular complexity index is 1080. The fourth-order valence-corrected chi connectivity index (χ4v) is 3.45. The summed E-state index contributed by atoms with van der Waals surface area (Å²) in [7, 11) is 2.00. The summed E-state index contributed by atoms with van der Waals surface area (Å²) in [4.78, 5) is 23.6. The fourth-order valence-electron chi connectivity index (χ4n) is 3.19. The van der Waals surface area contributed by atoms with E-state index in [0.717, 1.165) is 40.7 Å². The number of pyridine rings is 1. The number of carboxylic acids is 2. The number of aromatic nitrogens is 1. The third-order valence-corrected chi connectivity index (χ3v) is 5.36. The van der Waals surface area contributed by atoms with Crippen molar-refractivity contribution < 1.29 is 24.5 Å². The van der Waals surface area contributed by atoms with Gasteiger partial charge >= 0.3 is 11.9 Å². The van der Waals surface area contributed by atoms with Gasteiger partial charge in [0.2, 0.25) is 0 Å². The lowest BCUT2D eigenvalue weighted by Crippen LogP contribution is -2.07. The number of nitrogens with one attached hydrogen (secondary N) is 1. The van der Waals surface area contributed by atoms with Crippen molar-refractivity contribution in [2.45, 2.75) is 25.7 Å². The number of benzene rings is 2. The number of carboxylic acid groups (broad SMARTS) is 2. The molecule has 180 valence electrons. The van der Waals surface area contributed by atoms with Crippen molar-refractivity contribution in [3.05, 3.63) is 71.4 Å². The molecule has 0 aliphatic rings. The quantitative estimate of drug-likeness (QED) is 0.221. The molecule has 0 saturated carbocycles. The van der Waals surface area contributed by atoms with Crippen molar-refractivity contribution in [1.29, 1.82) is 0 Å². The lowest BCUT2D eigenvalue weighted by Gasteiger charge is -2.10. The van der Waals surface area contributed by atoms with Gasteiger partial charge in [-0.15, -0.1) is 0 Å². The van der Waals surface area contributed by atoms with Gasteiger partial charge in [-0.05, 0) is 67.9 Å². The highest BCUT2D eigenvalue weighted by Crippen LogP contribution is 2.30. The summed E-state index contributed by atoms with van der Waals surface area (Å²) in [5, 5.41) is 20.0. The number of halogens is 1. The van der Waals surface area contributed by atoms with E-state index in [1.807, 2.05) is 25.4 Å². The summed E-state index contributed by atoms with van der Waals surface area (Å²) in [6, 6.07) is 16.6. The van der Waals surface area contributed by atoms with Crippen LogP contribution in [0.1, 0.15) is 25.7 Å². The van der Waals surface area contributed by atoms with Crippen LogP contribution in [0.15, 0.2) is 71.4 Å². The summed E-state index contributed by atoms with van der Waals surface area (Å²) < 4.78 is 7.00. The molecule has 0 fully saturated rings. The average Bonchev–Trinajstić information content (AvgIpc) is 2.82. The molecule has 3 N–H and O–H groups in total. The van der Waals surface area contributed by atoms with Crippen LogP contribution in [0.4, 0.5) is 0 Å². The maximum atomic E-state index is 9.55. The Morgan fingerprint density at radius 3 is 2.29 bits per heavy atom. The molecule has 1 heterocycles. The van der Waals surface area contributed by atoms with E-state index >= 15 is 0 Å². The van der Waals surface area contributed by atoms with Crippen molar-refractivity contribution in [3.8, 4) is 16.9 Å². The van der Waals surface area contributed by atoms with Crippen molar-refractivity contribution >= 4 is 38.8 Å². The van der Waals surface area contributed by atoms with Gasteiger partial charge in [0.15, 0.2) is 0 Å². The van der Waals surface area contributed by atoms with Crippen LogP contribution >= 0.6 is 15.9 Å². The van der Waals surface area contributed by atoms with Crippen LogP contribution in [0.3, 0.4) is 0 Å². The Hall–Kier alpha value is -3.23. The largest absolute Gasteiger partial charge is 0.494 e. The van der Waals surface area contributed by atoms with E-state index in [1.54, 1.807) is 0 Å². The van der Waals surface area contributed by atoms with Crippen LogP contribution in [0.5, 0.6) is 5.75 Å². The monoisotopic (exact) mass is 528 g/mol. The Morgan fingerprint density at radius 2 is 1.65 bits per heavy atom. The highest BCUT2D eigenvalue weighted by molar-refractivity contribution is 9.10. The molecule has 2 aromatic carbocycles. The van der Waals surface area contributed by atoms with E-state index in [0.29, 0.717) is 12.2 Å². The summed E-state index contributed by atoms with van der Waals surface area (Å²) in [6.45, 7) is 1.86. The Kier molecular flexibility index (Phi) is 11.8. The first-order valence-corrected chi connectivity index (χ1v) is 11.8. The zero-order valence-electron chi connectivity index (χ0n) is 19.0. The lowest BCUT2D eigenvalue weighted by molar-refractivity contribution is -0.134. The lowest BCUT2D eigenvalue weighted by atomic mass is 10.0. The van der Waals surface area contributed by atoms with Gasteiger partial charge in [-0.2, -0.15) is 0 Å². The van der Waals surface area contributed by atoms with Crippen LogP contribution in [0.2, 0.25) is 0 Å². The number of ether oxygens (including phenoxy) is 1. The topological polar surface area (TPSA) is 109 Å². The van der Waals surface area contributed by atoms with Gasteiger partial charge in [-0.3, -0.25) is 4.98 Å². The molecule has 0 aliphatic heterocycles.